The number of aromatic nitrogens is 2. The average molecular weight is 348 g/mol. The molecule has 0 fully saturated rings. The molecule has 26 heavy (non-hydrogen) atoms. The Hall–Kier alpha value is -3.41. The Balaban J connectivity index is 1.67. The third-order valence-corrected chi connectivity index (χ3v) is 3.89. The lowest BCUT2D eigenvalue weighted by Crippen LogP contribution is -2.14. The second-order valence-corrected chi connectivity index (χ2v) is 5.63. The normalized spacial score (nSPS) is 10.2. The van der Waals surface area contributed by atoms with Gasteiger partial charge in [-0.2, -0.15) is 0 Å². The molecule has 3 aromatic rings. The zero-order chi connectivity index (χ0) is 18.4. The van der Waals surface area contributed by atoms with E-state index in [1.807, 2.05) is 48.5 Å². The molecule has 0 saturated carbocycles. The molecule has 6 heteroatoms. The number of carbonyl (C=O) groups excluding carboxylic acids is 1. The number of nitrogens with one attached hydrogen (secondary N) is 2. The topological polar surface area (TPSA) is 76.1 Å². The lowest BCUT2D eigenvalue weighted by Gasteiger charge is -2.10. The Morgan fingerprint density at radius 2 is 1.77 bits per heavy atom. The number of amides is 1. The van der Waals surface area contributed by atoms with Gasteiger partial charge in [-0.3, -0.25) is 4.79 Å². The van der Waals surface area contributed by atoms with E-state index < -0.39 is 0 Å². The van der Waals surface area contributed by atoms with Crippen LogP contribution in [0.5, 0.6) is 5.75 Å². The van der Waals surface area contributed by atoms with Crippen LogP contribution >= 0.6 is 0 Å². The zero-order valence-electron chi connectivity index (χ0n) is 14.7. The molecular formula is C20H20N4O2. The fourth-order valence-corrected chi connectivity index (χ4v) is 2.42. The molecule has 0 aliphatic carbocycles. The number of carbonyl (C=O) groups is 1. The number of hydrogen-bond donors (Lipinski definition) is 2. The summed E-state index contributed by atoms with van der Waals surface area (Å²) in [5.41, 5.74) is 2.97. The average Bonchev–Trinajstić information content (AvgIpc) is 2.69. The van der Waals surface area contributed by atoms with E-state index >= 15 is 0 Å². The van der Waals surface area contributed by atoms with Crippen molar-refractivity contribution in [1.29, 1.82) is 0 Å². The van der Waals surface area contributed by atoms with Crippen LogP contribution in [0.4, 0.5) is 17.2 Å². The molecule has 132 valence electrons. The van der Waals surface area contributed by atoms with E-state index in [0.29, 0.717) is 11.6 Å². The largest absolute Gasteiger partial charge is 0.495 e. The van der Waals surface area contributed by atoms with Gasteiger partial charge in [0.25, 0.3) is 5.91 Å². The molecular weight excluding hydrogens is 328 g/mol. The first-order valence-electron chi connectivity index (χ1n) is 8.33. The summed E-state index contributed by atoms with van der Waals surface area (Å²) in [6, 6.07) is 18.6. The Bertz CT molecular complexity index is 877. The van der Waals surface area contributed by atoms with E-state index in [4.69, 9.17) is 4.74 Å². The highest BCUT2D eigenvalue weighted by molar-refractivity contribution is 6.02. The van der Waals surface area contributed by atoms with Crippen LogP contribution < -0.4 is 15.4 Å². The molecule has 0 atom stereocenters. The van der Waals surface area contributed by atoms with Crippen molar-refractivity contribution in [2.75, 3.05) is 17.7 Å². The highest BCUT2D eigenvalue weighted by Gasteiger charge is 2.09. The van der Waals surface area contributed by atoms with E-state index in [1.54, 1.807) is 19.2 Å². The quantitative estimate of drug-likeness (QED) is 0.703. The van der Waals surface area contributed by atoms with Crippen molar-refractivity contribution in [2.45, 2.75) is 13.3 Å². The summed E-state index contributed by atoms with van der Waals surface area (Å²) in [4.78, 5) is 12.3. The van der Waals surface area contributed by atoms with Gasteiger partial charge in [0.05, 0.1) is 12.8 Å². The first-order chi connectivity index (χ1) is 12.7. The maximum Gasteiger partial charge on any atom is 0.276 e. The lowest BCUT2D eigenvalue weighted by atomic mass is 10.1. The van der Waals surface area contributed by atoms with Gasteiger partial charge in [-0.25, -0.2) is 0 Å². The van der Waals surface area contributed by atoms with Crippen LogP contribution in [0, 0.1) is 0 Å². The molecule has 0 unspecified atom stereocenters. The molecule has 0 aliphatic heterocycles. The summed E-state index contributed by atoms with van der Waals surface area (Å²) < 4.78 is 5.29. The molecule has 2 N–H and O–H groups in total. The van der Waals surface area contributed by atoms with Crippen molar-refractivity contribution in [2.24, 2.45) is 0 Å². The van der Waals surface area contributed by atoms with Crippen molar-refractivity contribution in [1.82, 2.24) is 10.2 Å². The second-order valence-electron chi connectivity index (χ2n) is 5.63. The van der Waals surface area contributed by atoms with Crippen LogP contribution in [0.1, 0.15) is 23.0 Å². The van der Waals surface area contributed by atoms with Gasteiger partial charge in [-0.05, 0) is 48.4 Å². The molecule has 1 aromatic heterocycles. The number of hydrogen-bond acceptors (Lipinski definition) is 5. The highest BCUT2D eigenvalue weighted by atomic mass is 16.5. The maximum absolute atomic E-state index is 12.3. The van der Waals surface area contributed by atoms with Crippen molar-refractivity contribution in [3.63, 3.8) is 0 Å². The van der Waals surface area contributed by atoms with Crippen LogP contribution in [0.15, 0.2) is 60.7 Å². The molecule has 0 aliphatic rings. The standard InChI is InChI=1S/C20H20N4O2/c1-3-14-8-10-15(11-9-14)21-20(25)17-12-13-19(24-23-17)22-16-6-4-5-7-18(16)26-2/h4-13H,3H2,1-2H3,(H,21,25)(H,22,24). The van der Waals surface area contributed by atoms with Gasteiger partial charge in [0, 0.05) is 5.69 Å². The fraction of sp³-hybridized carbons (Fsp3) is 0.150. The fourth-order valence-electron chi connectivity index (χ4n) is 2.42. The number of aryl methyl sites for hydroxylation is 1. The number of nitrogens with zero attached hydrogens (tertiary/aromatic N) is 2. The lowest BCUT2D eigenvalue weighted by molar-refractivity contribution is 0.102. The highest BCUT2D eigenvalue weighted by Crippen LogP contribution is 2.25. The molecule has 3 rings (SSSR count). The number of para-hydroxylation sites is 2. The number of benzene rings is 2. The number of ether oxygens (including phenoxy) is 1. The van der Waals surface area contributed by atoms with Crippen LogP contribution in [0.3, 0.4) is 0 Å². The summed E-state index contributed by atoms with van der Waals surface area (Å²) in [5.74, 6) is 0.926. The number of methoxy groups -OCH3 is 1. The van der Waals surface area contributed by atoms with Crippen LogP contribution in [-0.4, -0.2) is 23.2 Å². The third-order valence-electron chi connectivity index (χ3n) is 3.89. The number of rotatable bonds is 6. The van der Waals surface area contributed by atoms with E-state index in [2.05, 4.69) is 27.8 Å². The minimum Gasteiger partial charge on any atom is -0.495 e. The van der Waals surface area contributed by atoms with E-state index in [9.17, 15) is 4.79 Å². The molecule has 0 saturated heterocycles. The van der Waals surface area contributed by atoms with Crippen LogP contribution in [0.2, 0.25) is 0 Å². The minimum absolute atomic E-state index is 0.246. The van der Waals surface area contributed by atoms with Crippen LogP contribution in [0.25, 0.3) is 0 Å². The smallest absolute Gasteiger partial charge is 0.276 e. The minimum atomic E-state index is -0.300. The molecule has 1 heterocycles. The SMILES string of the molecule is CCc1ccc(NC(=O)c2ccc(Nc3ccccc3OC)nn2)cc1. The van der Waals surface area contributed by atoms with Gasteiger partial charge in [-0.15, -0.1) is 10.2 Å². The number of anilines is 3. The first-order valence-corrected chi connectivity index (χ1v) is 8.33. The maximum atomic E-state index is 12.3. The van der Waals surface area contributed by atoms with Gasteiger partial charge in [0.2, 0.25) is 0 Å². The van der Waals surface area contributed by atoms with Gasteiger partial charge < -0.3 is 15.4 Å². The molecule has 2 aromatic carbocycles. The Morgan fingerprint density at radius 3 is 2.42 bits per heavy atom. The third kappa shape index (κ3) is 4.16. The van der Waals surface area contributed by atoms with Crippen molar-refractivity contribution < 1.29 is 9.53 Å². The van der Waals surface area contributed by atoms with Crippen LogP contribution in [-0.2, 0) is 6.42 Å². The van der Waals surface area contributed by atoms with Crippen molar-refractivity contribution in [3.05, 3.63) is 71.9 Å². The predicted octanol–water partition coefficient (Wildman–Crippen LogP) is 4.04. The van der Waals surface area contributed by atoms with Gasteiger partial charge in [-0.1, -0.05) is 31.2 Å². The molecule has 6 nitrogen and oxygen atoms in total. The Labute approximate surface area is 152 Å². The second kappa shape index (κ2) is 8.11. The monoisotopic (exact) mass is 348 g/mol. The van der Waals surface area contributed by atoms with E-state index in [-0.39, 0.29) is 11.6 Å². The van der Waals surface area contributed by atoms with Crippen molar-refractivity contribution in [3.8, 4) is 5.75 Å². The molecule has 1 amide bonds. The van der Waals surface area contributed by atoms with Gasteiger partial charge >= 0.3 is 0 Å². The summed E-state index contributed by atoms with van der Waals surface area (Å²) in [5, 5.41) is 14.0. The zero-order valence-corrected chi connectivity index (χ0v) is 14.7. The first kappa shape index (κ1) is 17.4. The molecule has 0 radical (unpaired) electrons. The van der Waals surface area contributed by atoms with E-state index in [1.165, 1.54) is 5.56 Å². The van der Waals surface area contributed by atoms with Gasteiger partial charge in [0.1, 0.15) is 5.75 Å². The van der Waals surface area contributed by atoms with E-state index in [0.717, 1.165) is 17.8 Å². The van der Waals surface area contributed by atoms with Crippen molar-refractivity contribution >= 4 is 23.1 Å². The summed E-state index contributed by atoms with van der Waals surface area (Å²) in [7, 11) is 1.60. The Morgan fingerprint density at radius 1 is 1.00 bits per heavy atom. The summed E-state index contributed by atoms with van der Waals surface area (Å²) in [6.45, 7) is 2.09. The predicted molar refractivity (Wildman–Crippen MR) is 102 cm³/mol. The summed E-state index contributed by atoms with van der Waals surface area (Å²) >= 11 is 0. The molecule has 0 spiro atoms. The Kier molecular flexibility index (Phi) is 5.43. The summed E-state index contributed by atoms with van der Waals surface area (Å²) in [6.07, 6.45) is 0.959. The molecule has 0 bridgehead atoms. The van der Waals surface area contributed by atoms with Gasteiger partial charge in [0.15, 0.2) is 11.5 Å².